The maximum Gasteiger partial charge on any atom is 0.410 e. The van der Waals surface area contributed by atoms with E-state index in [1.807, 2.05) is 120 Å². The topological polar surface area (TPSA) is 204 Å². The first kappa shape index (κ1) is 62.4. The number of carboxylic acid groups (broad SMARTS) is 1. The molecule has 4 aliphatic heterocycles. The van der Waals surface area contributed by atoms with Gasteiger partial charge in [0.1, 0.15) is 37.6 Å². The van der Waals surface area contributed by atoms with E-state index in [1.54, 1.807) is 53.6 Å². The highest BCUT2D eigenvalue weighted by Crippen LogP contribution is 2.34. The van der Waals surface area contributed by atoms with Crippen molar-refractivity contribution in [1.82, 2.24) is 33.6 Å². The maximum absolute atomic E-state index is 13.4. The summed E-state index contributed by atoms with van der Waals surface area (Å²) in [6, 6.07) is 25.3. The molecule has 0 bridgehead atoms. The van der Waals surface area contributed by atoms with Crippen molar-refractivity contribution in [2.24, 2.45) is 0 Å². The molecule has 0 spiro atoms. The van der Waals surface area contributed by atoms with Crippen LogP contribution < -0.4 is 30.1 Å². The Bertz CT molecular complexity index is 3580. The molecule has 4 aromatic carbocycles. The van der Waals surface area contributed by atoms with Crippen molar-refractivity contribution >= 4 is 45.9 Å². The smallest absolute Gasteiger partial charge is 0.410 e. The third-order valence-electron chi connectivity index (χ3n) is 16.0. The molecule has 10 rings (SSSR count). The molecule has 4 aliphatic rings. The van der Waals surface area contributed by atoms with Crippen LogP contribution in [0.25, 0.3) is 21.8 Å². The number of aryl methyl sites for hydroxylation is 2. The summed E-state index contributed by atoms with van der Waals surface area (Å²) in [5.74, 6) is 1.70. The molecule has 0 atom stereocenters. The molecule has 460 valence electrons. The first-order valence-electron chi connectivity index (χ1n) is 29.8. The van der Waals surface area contributed by atoms with Gasteiger partial charge < -0.3 is 67.2 Å². The molecular formula is C66H83N7O13. The standard InChI is InChI=1S/C34H44N4O6.C32H39N3O7/c1-23-19-31(39)37(28-21-25(8-9-27(23)28)32(40)35(5)6)16-15-36-13-11-26(12-14-36)38(33(41)44-34(2,3)4)22-24-7-10-29-30(20-24)43-18-17-42-29;1-21-17-29(36)34(26-19-23(30(37)38)6-7-25(21)26)14-13-33-11-9-24(10-12-33)35(31(39)42-32(2,3)4)20-22-5-8-27-28(18-22)41-16-15-40-27/h7-10,19-21,26H,11-18,22H2,1-6H3;5-8,17-19,24H,9-16,20H2,1-4H3,(H,37,38). The van der Waals surface area contributed by atoms with E-state index in [-0.39, 0.29) is 46.9 Å². The summed E-state index contributed by atoms with van der Waals surface area (Å²) >= 11 is 0. The zero-order valence-corrected chi connectivity index (χ0v) is 51.4. The van der Waals surface area contributed by atoms with Gasteiger partial charge in [0.15, 0.2) is 23.0 Å². The molecule has 0 saturated carbocycles. The quantitative estimate of drug-likeness (QED) is 0.108. The molecule has 20 heteroatoms. The van der Waals surface area contributed by atoms with E-state index < -0.39 is 17.2 Å². The summed E-state index contributed by atoms with van der Waals surface area (Å²) < 4.78 is 37.9. The number of ether oxygens (including phenoxy) is 6. The fourth-order valence-corrected chi connectivity index (χ4v) is 11.6. The molecule has 86 heavy (non-hydrogen) atoms. The molecule has 0 aliphatic carbocycles. The van der Waals surface area contributed by atoms with Crippen LogP contribution in [0.15, 0.2) is 94.5 Å². The minimum atomic E-state index is -1.02. The zero-order chi connectivity index (χ0) is 61.6. The third kappa shape index (κ3) is 15.5. The molecule has 1 N–H and O–H groups in total. The molecule has 3 amide bonds. The van der Waals surface area contributed by atoms with Crippen LogP contribution in [-0.4, -0.2) is 166 Å². The highest BCUT2D eigenvalue weighted by Gasteiger charge is 2.34. The zero-order valence-electron chi connectivity index (χ0n) is 51.4. The van der Waals surface area contributed by atoms with E-state index in [0.717, 1.165) is 96.2 Å². The molecule has 2 fully saturated rings. The number of pyridine rings is 2. The monoisotopic (exact) mass is 1180 g/mol. The Morgan fingerprint density at radius 1 is 0.523 bits per heavy atom. The Kier molecular flexibility index (Phi) is 19.4. The number of nitrogens with zero attached hydrogens (tertiary/aromatic N) is 7. The fourth-order valence-electron chi connectivity index (χ4n) is 11.6. The second kappa shape index (κ2) is 26.7. The number of benzene rings is 4. The molecule has 0 radical (unpaired) electrons. The van der Waals surface area contributed by atoms with Crippen molar-refractivity contribution in [3.63, 3.8) is 0 Å². The molecule has 2 saturated heterocycles. The van der Waals surface area contributed by atoms with E-state index in [0.29, 0.717) is 94.0 Å². The van der Waals surface area contributed by atoms with Gasteiger partial charge in [-0.2, -0.15) is 0 Å². The number of aromatic carboxylic acids is 1. The van der Waals surface area contributed by atoms with Gasteiger partial charge in [0.25, 0.3) is 17.0 Å². The van der Waals surface area contributed by atoms with Crippen molar-refractivity contribution in [1.29, 1.82) is 0 Å². The molecule has 2 aromatic heterocycles. The van der Waals surface area contributed by atoms with Gasteiger partial charge >= 0.3 is 18.2 Å². The van der Waals surface area contributed by atoms with Crippen LogP contribution >= 0.6 is 0 Å². The van der Waals surface area contributed by atoms with Crippen LogP contribution in [0.3, 0.4) is 0 Å². The van der Waals surface area contributed by atoms with Crippen molar-refractivity contribution in [2.75, 3.05) is 79.8 Å². The predicted molar refractivity (Wildman–Crippen MR) is 328 cm³/mol. The highest BCUT2D eigenvalue weighted by molar-refractivity contribution is 5.98. The number of carbonyl (C=O) groups excluding carboxylic acids is 3. The summed E-state index contributed by atoms with van der Waals surface area (Å²) in [6.07, 6.45) is 2.42. The molecule has 20 nitrogen and oxygen atoms in total. The van der Waals surface area contributed by atoms with Crippen LogP contribution in [0.2, 0.25) is 0 Å². The number of likely N-dealkylation sites (tertiary alicyclic amines) is 2. The predicted octanol–water partition coefficient (Wildman–Crippen LogP) is 9.37. The van der Waals surface area contributed by atoms with E-state index in [1.165, 1.54) is 4.90 Å². The number of hydrogen-bond acceptors (Lipinski definition) is 14. The molecule has 6 aromatic rings. The van der Waals surface area contributed by atoms with Gasteiger partial charge in [-0.3, -0.25) is 14.4 Å². The number of carbonyl (C=O) groups is 4. The Morgan fingerprint density at radius 2 is 0.907 bits per heavy atom. The van der Waals surface area contributed by atoms with Gasteiger partial charge in [0, 0.05) is 120 Å². The van der Waals surface area contributed by atoms with E-state index >= 15 is 0 Å². The average Bonchev–Trinajstić information content (AvgIpc) is 1.89. The SMILES string of the molecule is Cc1cc(=O)n(CCN2CCC(N(Cc3ccc4c(c3)OCCO4)C(=O)OC(C)(C)C)CC2)c2cc(C(=O)N(C)C)ccc12.Cc1cc(=O)n(CCN2CCC(N(Cc3ccc4c(c3)OCCO4)C(=O)OC(C)(C)C)CC2)c2cc(C(=O)O)ccc12. The van der Waals surface area contributed by atoms with Crippen LogP contribution in [0.5, 0.6) is 23.0 Å². The second-order valence-electron chi connectivity index (χ2n) is 24.9. The molecule has 0 unspecified atom stereocenters. The Hall–Kier alpha value is -8.10. The number of fused-ring (bicyclic) bond motifs is 4. The minimum Gasteiger partial charge on any atom is -0.486 e. The largest absolute Gasteiger partial charge is 0.486 e. The van der Waals surface area contributed by atoms with Crippen molar-refractivity contribution in [3.05, 3.63) is 139 Å². The van der Waals surface area contributed by atoms with Gasteiger partial charge in [-0.1, -0.05) is 24.3 Å². The van der Waals surface area contributed by atoms with Crippen LogP contribution in [0.1, 0.15) is 110 Å². The van der Waals surface area contributed by atoms with Crippen LogP contribution in [-0.2, 0) is 35.7 Å². The summed E-state index contributed by atoms with van der Waals surface area (Å²) in [4.78, 5) is 86.9. The van der Waals surface area contributed by atoms with Gasteiger partial charge in [0.05, 0.1) is 16.6 Å². The number of hydrogen-bond donors (Lipinski definition) is 1. The fraction of sp³-hybridized carbons (Fsp3) is 0.485. The number of aromatic nitrogens is 2. The Balaban J connectivity index is 0.000000206. The lowest BCUT2D eigenvalue weighted by molar-refractivity contribution is 0.00468. The summed E-state index contributed by atoms with van der Waals surface area (Å²) in [5, 5.41) is 11.3. The molecule has 6 heterocycles. The number of amides is 3. The minimum absolute atomic E-state index is 0.00893. The van der Waals surface area contributed by atoms with E-state index in [9.17, 15) is 33.9 Å². The van der Waals surface area contributed by atoms with Gasteiger partial charge in [-0.15, -0.1) is 0 Å². The lowest BCUT2D eigenvalue weighted by Gasteiger charge is -2.39. The van der Waals surface area contributed by atoms with Gasteiger partial charge in [-0.05, 0) is 152 Å². The lowest BCUT2D eigenvalue weighted by atomic mass is 10.0. The summed E-state index contributed by atoms with van der Waals surface area (Å²) in [6.45, 7) is 23.2. The first-order chi connectivity index (χ1) is 40.9. The van der Waals surface area contributed by atoms with Gasteiger partial charge in [0.2, 0.25) is 0 Å². The summed E-state index contributed by atoms with van der Waals surface area (Å²) in [7, 11) is 3.44. The molecular weight excluding hydrogens is 1100 g/mol. The maximum atomic E-state index is 13.4. The van der Waals surface area contributed by atoms with Crippen molar-refractivity contribution in [3.8, 4) is 23.0 Å². The number of piperidine rings is 2. The Morgan fingerprint density at radius 3 is 1.29 bits per heavy atom. The second-order valence-corrected chi connectivity index (χ2v) is 24.9. The van der Waals surface area contributed by atoms with Crippen LogP contribution in [0, 0.1) is 13.8 Å². The number of rotatable bonds is 14. The van der Waals surface area contributed by atoms with Crippen molar-refractivity contribution < 1.29 is 52.7 Å². The average molecular weight is 1180 g/mol. The van der Waals surface area contributed by atoms with E-state index in [4.69, 9.17) is 28.4 Å². The highest BCUT2D eigenvalue weighted by atomic mass is 16.6. The third-order valence-corrected chi connectivity index (χ3v) is 16.0. The number of carboxylic acids is 1. The van der Waals surface area contributed by atoms with E-state index in [2.05, 4.69) is 9.80 Å². The lowest BCUT2D eigenvalue weighted by Crippen LogP contribution is -2.49. The Labute approximate surface area is 502 Å². The summed E-state index contributed by atoms with van der Waals surface area (Å²) in [5.41, 5.74) is 4.29. The van der Waals surface area contributed by atoms with Crippen molar-refractivity contribution in [2.45, 2.75) is 131 Å². The first-order valence-corrected chi connectivity index (χ1v) is 29.8. The normalized spacial score (nSPS) is 15.8. The van der Waals surface area contributed by atoms with Crippen LogP contribution in [0.4, 0.5) is 9.59 Å². The van der Waals surface area contributed by atoms with Gasteiger partial charge in [-0.25, -0.2) is 14.4 Å².